The Hall–Kier alpha value is -2.67. The summed E-state index contributed by atoms with van der Waals surface area (Å²) in [6.07, 6.45) is 3.97. The highest BCUT2D eigenvalue weighted by molar-refractivity contribution is 5.92. The van der Waals surface area contributed by atoms with Gasteiger partial charge < -0.3 is 15.2 Å². The molecule has 1 aliphatic rings. The Morgan fingerprint density at radius 3 is 2.73 bits per heavy atom. The van der Waals surface area contributed by atoms with E-state index in [1.54, 1.807) is 29.2 Å². The van der Waals surface area contributed by atoms with Crippen LogP contribution in [0.4, 0.5) is 5.69 Å². The Morgan fingerprint density at radius 1 is 1.32 bits per heavy atom. The van der Waals surface area contributed by atoms with Crippen molar-refractivity contribution in [2.75, 3.05) is 18.5 Å². The molecule has 3 rings (SSSR count). The minimum absolute atomic E-state index is 0.0710. The lowest BCUT2D eigenvalue weighted by Gasteiger charge is -2.06. The van der Waals surface area contributed by atoms with Crippen molar-refractivity contribution in [1.82, 2.24) is 9.78 Å². The van der Waals surface area contributed by atoms with Crippen LogP contribution in [0.1, 0.15) is 16.8 Å². The number of carbonyl (C=O) groups excluding carboxylic acids is 1. The van der Waals surface area contributed by atoms with E-state index in [2.05, 4.69) is 10.4 Å². The van der Waals surface area contributed by atoms with Crippen LogP contribution in [0.5, 0.6) is 0 Å². The summed E-state index contributed by atoms with van der Waals surface area (Å²) in [6.45, 7) is 1.07. The molecular formula is C15H15N3O4. The molecule has 1 aromatic heterocycles. The Morgan fingerprint density at radius 2 is 2.09 bits per heavy atom. The van der Waals surface area contributed by atoms with Gasteiger partial charge in [0.05, 0.1) is 41.9 Å². The summed E-state index contributed by atoms with van der Waals surface area (Å²) in [5, 5.41) is 15.8. The number of ether oxygens (including phenoxy) is 1. The van der Waals surface area contributed by atoms with Gasteiger partial charge in [0.2, 0.25) is 5.91 Å². The van der Waals surface area contributed by atoms with E-state index in [-0.39, 0.29) is 17.4 Å². The highest BCUT2D eigenvalue weighted by atomic mass is 16.5. The molecule has 1 saturated heterocycles. The molecule has 0 bridgehead atoms. The van der Waals surface area contributed by atoms with Crippen LogP contribution < -0.4 is 5.32 Å². The Kier molecular flexibility index (Phi) is 3.88. The van der Waals surface area contributed by atoms with Crippen molar-refractivity contribution in [2.45, 2.75) is 6.42 Å². The Balaban J connectivity index is 1.70. The number of carbonyl (C=O) groups is 2. The normalized spacial score (nSPS) is 17.4. The molecule has 1 atom stereocenters. The van der Waals surface area contributed by atoms with E-state index in [0.29, 0.717) is 18.9 Å². The summed E-state index contributed by atoms with van der Waals surface area (Å²) in [5.41, 5.74) is 1.53. The van der Waals surface area contributed by atoms with Crippen molar-refractivity contribution in [1.29, 1.82) is 0 Å². The van der Waals surface area contributed by atoms with E-state index in [0.717, 1.165) is 12.1 Å². The van der Waals surface area contributed by atoms with Crippen LogP contribution in [-0.2, 0) is 9.53 Å². The standard InChI is InChI=1S/C15H15N3O4/c19-14(11-5-6-22-9-11)17-12-7-16-18(8-12)13-3-1-10(2-4-13)15(20)21/h1-4,7-8,11H,5-6,9H2,(H,17,19)(H,20,21)/t11-/m1/s1. The second-order valence-electron chi connectivity index (χ2n) is 5.08. The molecule has 7 nitrogen and oxygen atoms in total. The van der Waals surface area contributed by atoms with Crippen LogP contribution in [0.2, 0.25) is 0 Å². The maximum Gasteiger partial charge on any atom is 0.335 e. The monoisotopic (exact) mass is 301 g/mol. The number of amides is 1. The van der Waals surface area contributed by atoms with Crippen molar-refractivity contribution < 1.29 is 19.4 Å². The number of rotatable bonds is 4. The van der Waals surface area contributed by atoms with Crippen LogP contribution in [-0.4, -0.2) is 40.0 Å². The third-order valence-corrected chi connectivity index (χ3v) is 3.53. The summed E-state index contributed by atoms with van der Waals surface area (Å²) >= 11 is 0. The topological polar surface area (TPSA) is 93.5 Å². The first-order chi connectivity index (χ1) is 10.6. The molecule has 2 N–H and O–H groups in total. The Labute approximate surface area is 126 Å². The number of nitrogens with one attached hydrogen (secondary N) is 1. The van der Waals surface area contributed by atoms with Crippen LogP contribution in [0, 0.1) is 5.92 Å². The van der Waals surface area contributed by atoms with Crippen molar-refractivity contribution in [3.05, 3.63) is 42.2 Å². The van der Waals surface area contributed by atoms with Crippen LogP contribution in [0.3, 0.4) is 0 Å². The van der Waals surface area contributed by atoms with Gasteiger partial charge in [0.25, 0.3) is 0 Å². The van der Waals surface area contributed by atoms with Crippen LogP contribution >= 0.6 is 0 Å². The average molecular weight is 301 g/mol. The van der Waals surface area contributed by atoms with E-state index in [1.807, 2.05) is 0 Å². The van der Waals surface area contributed by atoms with Crippen molar-refractivity contribution in [3.63, 3.8) is 0 Å². The van der Waals surface area contributed by atoms with Gasteiger partial charge in [0.1, 0.15) is 0 Å². The second-order valence-corrected chi connectivity index (χ2v) is 5.08. The molecule has 1 aromatic carbocycles. The third kappa shape index (κ3) is 2.99. The fourth-order valence-electron chi connectivity index (χ4n) is 2.27. The maximum atomic E-state index is 12.0. The molecule has 0 radical (unpaired) electrons. The molecule has 0 unspecified atom stereocenters. The number of aromatic nitrogens is 2. The van der Waals surface area contributed by atoms with Gasteiger partial charge in [-0.05, 0) is 30.7 Å². The molecule has 0 spiro atoms. The number of carboxylic acids is 1. The zero-order chi connectivity index (χ0) is 15.5. The first-order valence-corrected chi connectivity index (χ1v) is 6.90. The van der Waals surface area contributed by atoms with E-state index in [4.69, 9.17) is 9.84 Å². The highest BCUT2D eigenvalue weighted by Gasteiger charge is 2.23. The third-order valence-electron chi connectivity index (χ3n) is 3.53. The summed E-state index contributed by atoms with van der Waals surface area (Å²) in [5.74, 6) is -1.16. The number of aromatic carboxylic acids is 1. The zero-order valence-electron chi connectivity index (χ0n) is 11.7. The van der Waals surface area contributed by atoms with Gasteiger partial charge in [-0.2, -0.15) is 5.10 Å². The van der Waals surface area contributed by atoms with Gasteiger partial charge in [0.15, 0.2) is 0 Å². The number of hydrogen-bond acceptors (Lipinski definition) is 4. The lowest BCUT2D eigenvalue weighted by molar-refractivity contribution is -0.119. The summed E-state index contributed by atoms with van der Waals surface area (Å²) in [7, 11) is 0. The van der Waals surface area contributed by atoms with Gasteiger partial charge >= 0.3 is 5.97 Å². The lowest BCUT2D eigenvalue weighted by Crippen LogP contribution is -2.22. The van der Waals surface area contributed by atoms with E-state index >= 15 is 0 Å². The fraction of sp³-hybridized carbons (Fsp3) is 0.267. The van der Waals surface area contributed by atoms with E-state index in [1.165, 1.54) is 12.1 Å². The molecule has 1 aliphatic heterocycles. The zero-order valence-corrected chi connectivity index (χ0v) is 11.7. The molecular weight excluding hydrogens is 286 g/mol. The van der Waals surface area contributed by atoms with Gasteiger partial charge in [-0.25, -0.2) is 9.48 Å². The number of hydrogen-bond donors (Lipinski definition) is 2. The maximum absolute atomic E-state index is 12.0. The highest BCUT2D eigenvalue weighted by Crippen LogP contribution is 2.17. The first-order valence-electron chi connectivity index (χ1n) is 6.90. The molecule has 22 heavy (non-hydrogen) atoms. The van der Waals surface area contributed by atoms with Crippen molar-refractivity contribution in [2.24, 2.45) is 5.92 Å². The van der Waals surface area contributed by atoms with Gasteiger partial charge in [-0.3, -0.25) is 4.79 Å². The van der Waals surface area contributed by atoms with Crippen LogP contribution in [0.15, 0.2) is 36.7 Å². The van der Waals surface area contributed by atoms with Crippen molar-refractivity contribution >= 4 is 17.6 Å². The lowest BCUT2D eigenvalue weighted by atomic mass is 10.1. The second kappa shape index (κ2) is 5.98. The molecule has 114 valence electrons. The fourth-order valence-corrected chi connectivity index (χ4v) is 2.27. The molecule has 1 fully saturated rings. The number of carboxylic acid groups (broad SMARTS) is 1. The summed E-state index contributed by atoms with van der Waals surface area (Å²) in [4.78, 5) is 22.8. The number of anilines is 1. The number of benzene rings is 1. The van der Waals surface area contributed by atoms with Gasteiger partial charge in [-0.1, -0.05) is 0 Å². The predicted molar refractivity (Wildman–Crippen MR) is 78.1 cm³/mol. The quantitative estimate of drug-likeness (QED) is 0.893. The Bertz CT molecular complexity index is 687. The average Bonchev–Trinajstić information content (AvgIpc) is 3.19. The van der Waals surface area contributed by atoms with E-state index < -0.39 is 5.97 Å². The molecule has 0 aliphatic carbocycles. The summed E-state index contributed by atoms with van der Waals surface area (Å²) < 4.78 is 6.77. The molecule has 1 amide bonds. The smallest absolute Gasteiger partial charge is 0.335 e. The molecule has 2 heterocycles. The van der Waals surface area contributed by atoms with Gasteiger partial charge in [0, 0.05) is 6.61 Å². The minimum Gasteiger partial charge on any atom is -0.478 e. The van der Waals surface area contributed by atoms with Gasteiger partial charge in [-0.15, -0.1) is 0 Å². The molecule has 0 saturated carbocycles. The van der Waals surface area contributed by atoms with Crippen LogP contribution in [0.25, 0.3) is 5.69 Å². The largest absolute Gasteiger partial charge is 0.478 e. The summed E-state index contributed by atoms with van der Waals surface area (Å²) in [6, 6.07) is 6.33. The van der Waals surface area contributed by atoms with Crippen molar-refractivity contribution in [3.8, 4) is 5.69 Å². The SMILES string of the molecule is O=C(O)c1ccc(-n2cc(NC(=O)[C@@H]3CCOC3)cn2)cc1. The van der Waals surface area contributed by atoms with E-state index in [9.17, 15) is 9.59 Å². The first kappa shape index (κ1) is 14.3. The number of nitrogens with zero attached hydrogens (tertiary/aromatic N) is 2. The minimum atomic E-state index is -0.973. The predicted octanol–water partition coefficient (Wildman–Crippen LogP) is 1.55. The molecule has 7 heteroatoms. The molecule has 2 aromatic rings.